The second-order valence-electron chi connectivity index (χ2n) is 2.31. The van der Waals surface area contributed by atoms with Gasteiger partial charge in [-0.05, 0) is 6.07 Å². The lowest BCUT2D eigenvalue weighted by Crippen LogP contribution is -2.13. The highest BCUT2D eigenvalue weighted by Crippen LogP contribution is 2.17. The summed E-state index contributed by atoms with van der Waals surface area (Å²) in [4.78, 5) is 0. The smallest absolute Gasteiger partial charge is 0.169 e. The van der Waals surface area contributed by atoms with Crippen LogP contribution in [0.25, 0.3) is 0 Å². The zero-order valence-corrected chi connectivity index (χ0v) is 6.67. The summed E-state index contributed by atoms with van der Waals surface area (Å²) in [5, 5.41) is 8.74. The monoisotopic (exact) mass is 166 g/mol. The molecule has 1 aromatic carbocycles. The Morgan fingerprint density at radius 3 is 2.75 bits per heavy atom. The van der Waals surface area contributed by atoms with E-state index < -0.39 is 12.4 Å². The third-order valence-corrected chi connectivity index (χ3v) is 1.62. The van der Waals surface area contributed by atoms with E-state index in [1.165, 1.54) is 19.2 Å². The highest BCUT2D eigenvalue weighted by atomic mass is 19.1. The minimum atomic E-state index is -0.597. The van der Waals surface area contributed by atoms with Gasteiger partial charge in [-0.3, -0.25) is 0 Å². The molecule has 0 aliphatic carbocycles. The summed E-state index contributed by atoms with van der Waals surface area (Å²) >= 11 is 0. The molecular formula is C8H8BFO2. The van der Waals surface area contributed by atoms with E-state index in [-0.39, 0.29) is 16.8 Å². The van der Waals surface area contributed by atoms with Crippen LogP contribution in [0.3, 0.4) is 0 Å². The number of hydrogen-bond acceptors (Lipinski definition) is 2. The Bertz CT molecular complexity index is 289. The minimum Gasteiger partial charge on any atom is -0.494 e. The first kappa shape index (κ1) is 9.07. The van der Waals surface area contributed by atoms with Crippen molar-refractivity contribution in [3.8, 4) is 5.75 Å². The molecule has 0 bridgehead atoms. The molecule has 0 aliphatic heterocycles. The van der Waals surface area contributed by atoms with Gasteiger partial charge in [0.1, 0.15) is 7.85 Å². The van der Waals surface area contributed by atoms with Crippen LogP contribution in [0.2, 0.25) is 0 Å². The van der Waals surface area contributed by atoms with Gasteiger partial charge in [0.2, 0.25) is 0 Å². The lowest BCUT2D eigenvalue weighted by Gasteiger charge is -2.08. The molecular weight excluding hydrogens is 158 g/mol. The van der Waals surface area contributed by atoms with Crippen LogP contribution in [0.5, 0.6) is 5.75 Å². The lowest BCUT2D eigenvalue weighted by atomic mass is 9.90. The number of hydrogen-bond donors (Lipinski definition) is 1. The lowest BCUT2D eigenvalue weighted by molar-refractivity contribution is 0.274. The quantitative estimate of drug-likeness (QED) is 0.632. The van der Waals surface area contributed by atoms with Gasteiger partial charge in [-0.2, -0.15) is 0 Å². The SMILES string of the molecule is [B]c1ccc(OC)c(F)c1CO. The van der Waals surface area contributed by atoms with Crippen molar-refractivity contribution in [1.82, 2.24) is 0 Å². The fourth-order valence-corrected chi connectivity index (χ4v) is 0.933. The van der Waals surface area contributed by atoms with E-state index in [9.17, 15) is 4.39 Å². The summed E-state index contributed by atoms with van der Waals surface area (Å²) in [5.41, 5.74) is 0.310. The van der Waals surface area contributed by atoms with Crippen LogP contribution in [0.1, 0.15) is 5.56 Å². The first-order valence-electron chi connectivity index (χ1n) is 3.42. The fraction of sp³-hybridized carbons (Fsp3) is 0.250. The highest BCUT2D eigenvalue weighted by Gasteiger charge is 2.09. The average molecular weight is 166 g/mol. The third kappa shape index (κ3) is 1.43. The Hall–Kier alpha value is -1.03. The largest absolute Gasteiger partial charge is 0.494 e. The molecule has 62 valence electrons. The van der Waals surface area contributed by atoms with Crippen LogP contribution >= 0.6 is 0 Å². The van der Waals surface area contributed by atoms with Gasteiger partial charge in [-0.1, -0.05) is 11.5 Å². The number of ether oxygens (including phenoxy) is 1. The molecule has 2 nitrogen and oxygen atoms in total. The predicted molar refractivity (Wildman–Crippen MR) is 44.3 cm³/mol. The first-order chi connectivity index (χ1) is 5.70. The standard InChI is InChI=1S/C8H8BFO2/c1-12-7-3-2-6(9)5(4-11)8(7)10/h2-3,11H,4H2,1H3. The van der Waals surface area contributed by atoms with Crippen molar-refractivity contribution in [2.24, 2.45) is 0 Å². The molecule has 0 aliphatic rings. The van der Waals surface area contributed by atoms with Crippen LogP contribution < -0.4 is 10.2 Å². The molecule has 0 heterocycles. The van der Waals surface area contributed by atoms with Gasteiger partial charge >= 0.3 is 0 Å². The van der Waals surface area contributed by atoms with E-state index in [2.05, 4.69) is 0 Å². The number of aliphatic hydroxyl groups is 1. The number of aliphatic hydroxyl groups excluding tert-OH is 1. The van der Waals surface area contributed by atoms with Gasteiger partial charge in [-0.25, -0.2) is 4.39 Å². The molecule has 12 heavy (non-hydrogen) atoms. The van der Waals surface area contributed by atoms with E-state index in [1.54, 1.807) is 0 Å². The Balaban J connectivity index is 3.24. The van der Waals surface area contributed by atoms with Crippen LogP contribution in [0.15, 0.2) is 12.1 Å². The zero-order valence-electron chi connectivity index (χ0n) is 6.67. The summed E-state index contributed by atoms with van der Waals surface area (Å²) < 4.78 is 17.9. The van der Waals surface area contributed by atoms with Crippen LogP contribution in [-0.4, -0.2) is 20.1 Å². The summed E-state index contributed by atoms with van der Waals surface area (Å²) in [5.74, 6) is -0.506. The van der Waals surface area contributed by atoms with Gasteiger partial charge in [0.25, 0.3) is 0 Å². The molecule has 4 heteroatoms. The molecule has 0 saturated heterocycles. The summed E-state index contributed by atoms with van der Waals surface area (Å²) in [6, 6.07) is 2.91. The number of methoxy groups -OCH3 is 1. The second-order valence-corrected chi connectivity index (χ2v) is 2.31. The normalized spacial score (nSPS) is 9.92. The van der Waals surface area contributed by atoms with Crippen LogP contribution in [0.4, 0.5) is 4.39 Å². The van der Waals surface area contributed by atoms with Crippen molar-refractivity contribution in [3.05, 3.63) is 23.5 Å². The third-order valence-electron chi connectivity index (χ3n) is 1.62. The fourth-order valence-electron chi connectivity index (χ4n) is 0.933. The molecule has 1 aromatic rings. The number of halogens is 1. The molecule has 2 radical (unpaired) electrons. The predicted octanol–water partition coefficient (Wildman–Crippen LogP) is 0.120. The molecule has 0 unspecified atom stereocenters. The van der Waals surface area contributed by atoms with Crippen molar-refractivity contribution in [2.45, 2.75) is 6.61 Å². The van der Waals surface area contributed by atoms with E-state index in [1.807, 2.05) is 0 Å². The van der Waals surface area contributed by atoms with E-state index in [0.717, 1.165) is 0 Å². The maximum atomic E-state index is 13.2. The molecule has 0 fully saturated rings. The Kier molecular flexibility index (Phi) is 2.71. The summed E-state index contributed by atoms with van der Waals surface area (Å²) in [7, 11) is 6.76. The van der Waals surface area contributed by atoms with Crippen molar-refractivity contribution >= 4 is 13.3 Å². The molecule has 0 aromatic heterocycles. The topological polar surface area (TPSA) is 29.5 Å². The Labute approximate surface area is 71.4 Å². The Morgan fingerprint density at radius 2 is 2.25 bits per heavy atom. The molecule has 0 saturated carbocycles. The molecule has 1 N–H and O–H groups in total. The van der Waals surface area contributed by atoms with E-state index in [0.29, 0.717) is 0 Å². The van der Waals surface area contributed by atoms with E-state index in [4.69, 9.17) is 17.7 Å². The van der Waals surface area contributed by atoms with Crippen molar-refractivity contribution in [2.75, 3.05) is 7.11 Å². The molecule has 0 amide bonds. The van der Waals surface area contributed by atoms with Gasteiger partial charge in [0, 0.05) is 5.56 Å². The minimum absolute atomic E-state index is 0.0781. The van der Waals surface area contributed by atoms with Gasteiger partial charge < -0.3 is 9.84 Å². The summed E-state index contributed by atoms with van der Waals surface area (Å²) in [6.07, 6.45) is 0. The van der Waals surface area contributed by atoms with Crippen molar-refractivity contribution in [3.63, 3.8) is 0 Å². The molecule has 1 rings (SSSR count). The average Bonchev–Trinajstić information content (AvgIpc) is 2.06. The number of benzene rings is 1. The van der Waals surface area contributed by atoms with Gasteiger partial charge in [0.05, 0.1) is 13.7 Å². The maximum absolute atomic E-state index is 13.2. The molecule has 0 atom stereocenters. The van der Waals surface area contributed by atoms with Crippen LogP contribution in [0, 0.1) is 5.82 Å². The summed E-state index contributed by atoms with van der Waals surface area (Å²) in [6.45, 7) is -0.422. The molecule has 0 spiro atoms. The van der Waals surface area contributed by atoms with Crippen molar-refractivity contribution < 1.29 is 14.2 Å². The zero-order chi connectivity index (χ0) is 9.14. The van der Waals surface area contributed by atoms with Crippen molar-refractivity contribution in [1.29, 1.82) is 0 Å². The number of rotatable bonds is 2. The Morgan fingerprint density at radius 1 is 1.58 bits per heavy atom. The highest BCUT2D eigenvalue weighted by molar-refractivity contribution is 6.33. The maximum Gasteiger partial charge on any atom is 0.169 e. The first-order valence-corrected chi connectivity index (χ1v) is 3.42. The van der Waals surface area contributed by atoms with Gasteiger partial charge in [-0.15, -0.1) is 0 Å². The second kappa shape index (κ2) is 3.58. The van der Waals surface area contributed by atoms with Crippen LogP contribution in [-0.2, 0) is 6.61 Å². The van der Waals surface area contributed by atoms with Gasteiger partial charge in [0.15, 0.2) is 11.6 Å². The van der Waals surface area contributed by atoms with E-state index >= 15 is 0 Å².